The molecule has 0 radical (unpaired) electrons. The Kier molecular flexibility index (Phi) is 3.39. The molecule has 0 fully saturated rings. The number of hydrogen-bond donors (Lipinski definition) is 0. The van der Waals surface area contributed by atoms with E-state index in [2.05, 4.69) is 0 Å². The van der Waals surface area contributed by atoms with Crippen LogP contribution >= 0.6 is 0 Å². The molecule has 19 heavy (non-hydrogen) atoms. The quantitative estimate of drug-likeness (QED) is 0.624. The van der Waals surface area contributed by atoms with E-state index in [1.165, 1.54) is 0 Å². The van der Waals surface area contributed by atoms with Gasteiger partial charge in [0.15, 0.2) is 0 Å². The highest BCUT2D eigenvalue weighted by atomic mass is 19.1. The summed E-state index contributed by atoms with van der Waals surface area (Å²) in [4.78, 5) is 10.2. The van der Waals surface area contributed by atoms with Crippen LogP contribution in [-0.2, 0) is 0 Å². The molecule has 0 atom stereocenters. The lowest BCUT2D eigenvalue weighted by Gasteiger charge is -2.08. The van der Waals surface area contributed by atoms with Crippen molar-refractivity contribution in [1.82, 2.24) is 0 Å². The van der Waals surface area contributed by atoms with Gasteiger partial charge in [0.25, 0.3) is 0 Å². The molecule has 0 unspecified atom stereocenters. The number of nitro benzene ring substituents is 1. The van der Waals surface area contributed by atoms with Crippen LogP contribution in [0.3, 0.4) is 0 Å². The Hall–Kier alpha value is -2.94. The molecule has 0 bridgehead atoms. The van der Waals surface area contributed by atoms with Gasteiger partial charge in [-0.25, -0.2) is 4.39 Å². The lowest BCUT2D eigenvalue weighted by Crippen LogP contribution is -1.98. The maximum atomic E-state index is 13.5. The summed E-state index contributed by atoms with van der Waals surface area (Å²) in [6.45, 7) is 0. The van der Waals surface area contributed by atoms with Gasteiger partial charge in [0.2, 0.25) is 5.75 Å². The Morgan fingerprint density at radius 1 is 1.21 bits per heavy atom. The Labute approximate surface area is 107 Å². The summed E-state index contributed by atoms with van der Waals surface area (Å²) in [5.74, 6) is -0.967. The number of benzene rings is 2. The fraction of sp³-hybridized carbons (Fsp3) is 0. The van der Waals surface area contributed by atoms with E-state index in [9.17, 15) is 14.5 Å². The van der Waals surface area contributed by atoms with E-state index in [-0.39, 0.29) is 5.75 Å². The minimum absolute atomic E-state index is 0.285. The number of rotatable bonds is 3. The van der Waals surface area contributed by atoms with Crippen LogP contribution in [0.25, 0.3) is 0 Å². The zero-order valence-electron chi connectivity index (χ0n) is 9.54. The van der Waals surface area contributed by atoms with Gasteiger partial charge in [0.1, 0.15) is 23.2 Å². The van der Waals surface area contributed by atoms with Crippen LogP contribution in [0.1, 0.15) is 5.56 Å². The number of nitriles is 1. The van der Waals surface area contributed by atoms with Crippen LogP contribution in [0.4, 0.5) is 10.1 Å². The average Bonchev–Trinajstić information content (AvgIpc) is 2.40. The van der Waals surface area contributed by atoms with Crippen molar-refractivity contribution in [3.63, 3.8) is 0 Å². The number of nitro groups is 1. The first-order valence-electron chi connectivity index (χ1n) is 5.23. The monoisotopic (exact) mass is 258 g/mol. The van der Waals surface area contributed by atoms with Gasteiger partial charge in [-0.2, -0.15) is 5.26 Å². The molecule has 0 aromatic heterocycles. The minimum atomic E-state index is -0.862. The summed E-state index contributed by atoms with van der Waals surface area (Å²) in [7, 11) is 0. The van der Waals surface area contributed by atoms with Gasteiger partial charge in [-0.05, 0) is 18.2 Å². The first-order chi connectivity index (χ1) is 9.13. The first kappa shape index (κ1) is 12.5. The molecule has 6 heteroatoms. The molecule has 0 heterocycles. The Bertz CT molecular complexity index is 666. The maximum absolute atomic E-state index is 13.5. The molecule has 2 rings (SSSR count). The number of nitrogens with zero attached hydrogens (tertiary/aromatic N) is 2. The van der Waals surface area contributed by atoms with Crippen LogP contribution in [0.2, 0.25) is 0 Å². The van der Waals surface area contributed by atoms with Crippen LogP contribution < -0.4 is 4.74 Å². The van der Waals surface area contributed by atoms with Crippen molar-refractivity contribution in [3.05, 3.63) is 64.0 Å². The zero-order valence-corrected chi connectivity index (χ0v) is 9.54. The van der Waals surface area contributed by atoms with Crippen molar-refractivity contribution in [2.45, 2.75) is 0 Å². The molecule has 0 amide bonds. The van der Waals surface area contributed by atoms with E-state index in [1.807, 2.05) is 0 Å². The van der Waals surface area contributed by atoms with E-state index in [0.717, 1.165) is 12.1 Å². The molecule has 94 valence electrons. The molecule has 0 N–H and O–H groups in total. The third-order valence-corrected chi connectivity index (χ3v) is 2.36. The van der Waals surface area contributed by atoms with Gasteiger partial charge < -0.3 is 4.74 Å². The van der Waals surface area contributed by atoms with Crippen LogP contribution in [-0.4, -0.2) is 4.92 Å². The number of halogens is 1. The van der Waals surface area contributed by atoms with Gasteiger partial charge in [-0.3, -0.25) is 10.1 Å². The summed E-state index contributed by atoms with van der Waals surface area (Å²) in [5, 5.41) is 19.8. The fourth-order valence-corrected chi connectivity index (χ4v) is 1.51. The van der Waals surface area contributed by atoms with Crippen molar-refractivity contribution in [1.29, 1.82) is 5.26 Å². The van der Waals surface area contributed by atoms with Gasteiger partial charge in [-0.15, -0.1) is 0 Å². The zero-order chi connectivity index (χ0) is 13.8. The summed E-state index contributed by atoms with van der Waals surface area (Å²) in [6.07, 6.45) is 0. The van der Waals surface area contributed by atoms with E-state index < -0.39 is 27.7 Å². The van der Waals surface area contributed by atoms with E-state index in [1.54, 1.807) is 36.4 Å². The van der Waals surface area contributed by atoms with Gasteiger partial charge in [0.05, 0.1) is 4.92 Å². The predicted octanol–water partition coefficient (Wildman–Crippen LogP) is 3.40. The van der Waals surface area contributed by atoms with Gasteiger partial charge in [0, 0.05) is 6.07 Å². The van der Waals surface area contributed by atoms with Crippen molar-refractivity contribution in [2.75, 3.05) is 0 Å². The molecule has 2 aromatic carbocycles. The highest BCUT2D eigenvalue weighted by molar-refractivity contribution is 5.58. The highest BCUT2D eigenvalue weighted by Gasteiger charge is 2.23. The third kappa shape index (κ3) is 2.50. The Morgan fingerprint density at radius 3 is 2.47 bits per heavy atom. The smallest absolute Gasteiger partial charge is 0.313 e. The SMILES string of the molecule is N#Cc1c(F)ccc([N+](=O)[O-])c1Oc1ccccc1. The lowest BCUT2D eigenvalue weighted by molar-refractivity contribution is -0.385. The largest absolute Gasteiger partial charge is 0.449 e. The lowest BCUT2D eigenvalue weighted by atomic mass is 10.1. The third-order valence-electron chi connectivity index (χ3n) is 2.36. The molecule has 5 nitrogen and oxygen atoms in total. The molecule has 0 aliphatic heterocycles. The van der Waals surface area contributed by atoms with E-state index in [0.29, 0.717) is 0 Å². The first-order valence-corrected chi connectivity index (χ1v) is 5.23. The molecular weight excluding hydrogens is 251 g/mol. The molecule has 0 saturated carbocycles. The Morgan fingerprint density at radius 2 is 1.89 bits per heavy atom. The second-order valence-corrected chi connectivity index (χ2v) is 3.55. The van der Waals surface area contributed by atoms with Crippen LogP contribution in [0, 0.1) is 27.3 Å². The molecule has 0 aliphatic rings. The molecule has 0 spiro atoms. The maximum Gasteiger partial charge on any atom is 0.313 e. The molecule has 0 saturated heterocycles. The second-order valence-electron chi connectivity index (χ2n) is 3.55. The number of ether oxygens (including phenoxy) is 1. The second kappa shape index (κ2) is 5.14. The summed E-state index contributed by atoms with van der Waals surface area (Å²) < 4.78 is 18.7. The molecule has 2 aromatic rings. The summed E-state index contributed by atoms with van der Waals surface area (Å²) in [5.41, 5.74) is -0.945. The van der Waals surface area contributed by atoms with Crippen molar-refractivity contribution in [3.8, 4) is 17.6 Å². The van der Waals surface area contributed by atoms with Crippen molar-refractivity contribution in [2.24, 2.45) is 0 Å². The van der Waals surface area contributed by atoms with E-state index in [4.69, 9.17) is 10.00 Å². The number of hydrogen-bond acceptors (Lipinski definition) is 4. The number of para-hydroxylation sites is 1. The van der Waals surface area contributed by atoms with Crippen molar-refractivity contribution < 1.29 is 14.1 Å². The highest BCUT2D eigenvalue weighted by Crippen LogP contribution is 2.35. The van der Waals surface area contributed by atoms with E-state index >= 15 is 0 Å². The topological polar surface area (TPSA) is 76.2 Å². The predicted molar refractivity (Wildman–Crippen MR) is 64.3 cm³/mol. The Balaban J connectivity index is 2.57. The summed E-state index contributed by atoms with van der Waals surface area (Å²) in [6, 6.07) is 11.6. The van der Waals surface area contributed by atoms with Crippen LogP contribution in [0.5, 0.6) is 11.5 Å². The molecule has 0 aliphatic carbocycles. The average molecular weight is 258 g/mol. The van der Waals surface area contributed by atoms with Crippen LogP contribution in [0.15, 0.2) is 42.5 Å². The minimum Gasteiger partial charge on any atom is -0.449 e. The fourth-order valence-electron chi connectivity index (χ4n) is 1.51. The summed E-state index contributed by atoms with van der Waals surface area (Å²) >= 11 is 0. The standard InChI is InChI=1S/C13H7FN2O3/c14-11-6-7-12(16(17)18)13(10(11)8-15)19-9-4-2-1-3-5-9/h1-7H. The van der Waals surface area contributed by atoms with Crippen molar-refractivity contribution >= 4 is 5.69 Å². The van der Waals surface area contributed by atoms with Gasteiger partial charge >= 0.3 is 5.69 Å². The normalized spacial score (nSPS) is 9.68. The van der Waals surface area contributed by atoms with Gasteiger partial charge in [-0.1, -0.05) is 18.2 Å². The molecular formula is C13H7FN2O3.